The second kappa shape index (κ2) is 9.48. The van der Waals surface area contributed by atoms with Crippen LogP contribution in [0.15, 0.2) is 61.3 Å². The highest BCUT2D eigenvalue weighted by atomic mass is 16.5. The lowest BCUT2D eigenvalue weighted by Crippen LogP contribution is -2.39. The minimum atomic E-state index is 0.216. The normalized spacial score (nSPS) is 16.3. The molecule has 2 aromatic heterocycles. The molecule has 3 aromatic rings. The van der Waals surface area contributed by atoms with Gasteiger partial charge in [-0.25, -0.2) is 9.97 Å². The summed E-state index contributed by atoms with van der Waals surface area (Å²) in [4.78, 5) is 27.6. The maximum absolute atomic E-state index is 12.8. The third kappa shape index (κ3) is 4.82. The highest BCUT2D eigenvalue weighted by Crippen LogP contribution is 2.27. The molecular formula is C24H26N4O2. The zero-order chi connectivity index (χ0) is 20.8. The Kier molecular flexibility index (Phi) is 6.32. The van der Waals surface area contributed by atoms with E-state index in [2.05, 4.69) is 27.1 Å². The van der Waals surface area contributed by atoms with Crippen molar-refractivity contribution in [2.75, 3.05) is 20.2 Å². The molecule has 1 fully saturated rings. The number of nitrogens with zero attached hydrogens (tertiary/aromatic N) is 4. The van der Waals surface area contributed by atoms with E-state index in [0.717, 1.165) is 60.5 Å². The molecule has 1 unspecified atom stereocenters. The van der Waals surface area contributed by atoms with Gasteiger partial charge in [-0.05, 0) is 43.0 Å². The number of carbonyl (C=O) groups is 1. The van der Waals surface area contributed by atoms with Gasteiger partial charge in [0.25, 0.3) is 0 Å². The Balaban J connectivity index is 1.34. The fourth-order valence-electron chi connectivity index (χ4n) is 3.91. The highest BCUT2D eigenvalue weighted by molar-refractivity contribution is 5.76. The fraction of sp³-hybridized carbons (Fsp3) is 0.333. The molecular weight excluding hydrogens is 376 g/mol. The van der Waals surface area contributed by atoms with Crippen molar-refractivity contribution in [3.63, 3.8) is 0 Å². The van der Waals surface area contributed by atoms with Gasteiger partial charge in [-0.2, -0.15) is 0 Å². The van der Waals surface area contributed by atoms with E-state index in [1.165, 1.54) is 6.33 Å². The summed E-state index contributed by atoms with van der Waals surface area (Å²) in [6.45, 7) is 1.57. The second-order valence-corrected chi connectivity index (χ2v) is 7.63. The van der Waals surface area contributed by atoms with Crippen LogP contribution in [-0.2, 0) is 11.2 Å². The molecule has 1 atom stereocenters. The van der Waals surface area contributed by atoms with Crippen molar-refractivity contribution in [1.29, 1.82) is 0 Å². The molecule has 0 bridgehead atoms. The van der Waals surface area contributed by atoms with Crippen molar-refractivity contribution in [2.24, 2.45) is 0 Å². The first kappa shape index (κ1) is 20.0. The van der Waals surface area contributed by atoms with Gasteiger partial charge in [0.15, 0.2) is 0 Å². The lowest BCUT2D eigenvalue weighted by molar-refractivity contribution is -0.132. The summed E-state index contributed by atoms with van der Waals surface area (Å²) >= 11 is 0. The van der Waals surface area contributed by atoms with E-state index in [-0.39, 0.29) is 11.8 Å². The van der Waals surface area contributed by atoms with Crippen LogP contribution >= 0.6 is 0 Å². The molecule has 0 N–H and O–H groups in total. The molecule has 1 aliphatic rings. The van der Waals surface area contributed by atoms with E-state index in [1.54, 1.807) is 19.5 Å². The van der Waals surface area contributed by atoms with Gasteiger partial charge >= 0.3 is 0 Å². The molecule has 0 saturated carbocycles. The smallest absolute Gasteiger partial charge is 0.222 e. The predicted molar refractivity (Wildman–Crippen MR) is 115 cm³/mol. The average Bonchev–Trinajstić information content (AvgIpc) is 2.83. The van der Waals surface area contributed by atoms with E-state index in [1.807, 2.05) is 35.4 Å². The predicted octanol–water partition coefficient (Wildman–Crippen LogP) is 3.89. The first-order valence-electron chi connectivity index (χ1n) is 10.3. The highest BCUT2D eigenvalue weighted by Gasteiger charge is 2.25. The fourth-order valence-corrected chi connectivity index (χ4v) is 3.91. The van der Waals surface area contributed by atoms with Gasteiger partial charge in [0.2, 0.25) is 5.91 Å². The molecule has 0 radical (unpaired) electrons. The number of rotatable bonds is 6. The molecule has 1 aliphatic heterocycles. The molecule has 0 spiro atoms. The molecule has 6 heteroatoms. The number of methoxy groups -OCH3 is 1. The maximum atomic E-state index is 12.8. The Labute approximate surface area is 177 Å². The number of hydrogen-bond donors (Lipinski definition) is 0. The number of likely N-dealkylation sites (tertiary alicyclic amines) is 1. The van der Waals surface area contributed by atoms with E-state index in [9.17, 15) is 4.79 Å². The number of ether oxygens (including phenoxy) is 1. The summed E-state index contributed by atoms with van der Waals surface area (Å²) in [6, 6.07) is 12.0. The van der Waals surface area contributed by atoms with Gasteiger partial charge in [-0.3, -0.25) is 9.78 Å². The number of piperidine rings is 1. The van der Waals surface area contributed by atoms with E-state index < -0.39 is 0 Å². The van der Waals surface area contributed by atoms with Gasteiger partial charge in [0, 0.05) is 60.8 Å². The van der Waals surface area contributed by atoms with Crippen LogP contribution in [0.5, 0.6) is 5.75 Å². The van der Waals surface area contributed by atoms with Crippen LogP contribution in [0, 0.1) is 0 Å². The van der Waals surface area contributed by atoms with Crippen molar-refractivity contribution < 1.29 is 9.53 Å². The van der Waals surface area contributed by atoms with Crippen LogP contribution in [0.25, 0.3) is 11.1 Å². The third-order valence-corrected chi connectivity index (χ3v) is 5.66. The third-order valence-electron chi connectivity index (χ3n) is 5.66. The van der Waals surface area contributed by atoms with Gasteiger partial charge in [-0.1, -0.05) is 18.2 Å². The van der Waals surface area contributed by atoms with Crippen molar-refractivity contribution in [3.05, 3.63) is 72.6 Å². The first-order valence-corrected chi connectivity index (χ1v) is 10.3. The maximum Gasteiger partial charge on any atom is 0.222 e. The zero-order valence-corrected chi connectivity index (χ0v) is 17.2. The SMILES string of the molecule is COc1ccc(CCC(=O)N2CCCC(c3ccc(-c4cncnc4)cn3)C2)cc1. The van der Waals surface area contributed by atoms with Gasteiger partial charge in [0.05, 0.1) is 7.11 Å². The molecule has 1 amide bonds. The van der Waals surface area contributed by atoms with Gasteiger partial charge in [0.1, 0.15) is 12.1 Å². The van der Waals surface area contributed by atoms with Crippen LogP contribution in [-0.4, -0.2) is 46.0 Å². The van der Waals surface area contributed by atoms with Crippen LogP contribution in [0.2, 0.25) is 0 Å². The number of amides is 1. The summed E-state index contributed by atoms with van der Waals surface area (Å²) in [6.07, 6.45) is 10.3. The number of carbonyl (C=O) groups excluding carboxylic acids is 1. The minimum Gasteiger partial charge on any atom is -0.497 e. The van der Waals surface area contributed by atoms with Gasteiger partial charge in [-0.15, -0.1) is 0 Å². The van der Waals surface area contributed by atoms with Crippen molar-refractivity contribution >= 4 is 5.91 Å². The topological polar surface area (TPSA) is 68.2 Å². The van der Waals surface area contributed by atoms with Crippen molar-refractivity contribution in [1.82, 2.24) is 19.9 Å². The van der Waals surface area contributed by atoms with E-state index in [4.69, 9.17) is 4.74 Å². The number of benzene rings is 1. The molecule has 154 valence electrons. The molecule has 3 heterocycles. The van der Waals surface area contributed by atoms with Gasteiger partial charge < -0.3 is 9.64 Å². The van der Waals surface area contributed by atoms with Crippen molar-refractivity contribution in [2.45, 2.75) is 31.6 Å². The average molecular weight is 402 g/mol. The first-order chi connectivity index (χ1) is 14.7. The van der Waals surface area contributed by atoms with Crippen LogP contribution in [0.3, 0.4) is 0 Å². The molecule has 1 aromatic carbocycles. The van der Waals surface area contributed by atoms with E-state index >= 15 is 0 Å². The van der Waals surface area contributed by atoms with Crippen LogP contribution < -0.4 is 4.74 Å². The Hall–Kier alpha value is -3.28. The Morgan fingerprint density at radius 3 is 2.57 bits per heavy atom. The summed E-state index contributed by atoms with van der Waals surface area (Å²) in [5.74, 6) is 1.33. The van der Waals surface area contributed by atoms with Crippen molar-refractivity contribution in [3.8, 4) is 16.9 Å². The quantitative estimate of drug-likeness (QED) is 0.626. The molecule has 6 nitrogen and oxygen atoms in total. The molecule has 30 heavy (non-hydrogen) atoms. The second-order valence-electron chi connectivity index (χ2n) is 7.63. The zero-order valence-electron chi connectivity index (χ0n) is 17.2. The number of aryl methyl sites for hydroxylation is 1. The summed E-state index contributed by atoms with van der Waals surface area (Å²) in [5, 5.41) is 0. The van der Waals surface area contributed by atoms with Crippen LogP contribution in [0.4, 0.5) is 0 Å². The summed E-state index contributed by atoms with van der Waals surface area (Å²) in [5.41, 5.74) is 4.15. The van der Waals surface area contributed by atoms with Crippen LogP contribution in [0.1, 0.15) is 36.4 Å². The monoisotopic (exact) mass is 402 g/mol. The standard InChI is InChI=1S/C24H26N4O2/c1-30-22-8-4-18(5-9-22)6-11-24(29)28-12-2-3-20(16-28)23-10-7-19(15-27-23)21-13-25-17-26-14-21/h4-5,7-10,13-15,17,20H,2-3,6,11-12,16H2,1H3. The molecule has 0 aliphatic carbocycles. The Bertz CT molecular complexity index is 959. The number of hydrogen-bond acceptors (Lipinski definition) is 5. The number of pyridine rings is 1. The minimum absolute atomic E-state index is 0.216. The molecule has 4 rings (SSSR count). The lowest BCUT2D eigenvalue weighted by Gasteiger charge is -2.32. The summed E-state index contributed by atoms with van der Waals surface area (Å²) < 4.78 is 5.19. The summed E-state index contributed by atoms with van der Waals surface area (Å²) in [7, 11) is 1.66. The Morgan fingerprint density at radius 1 is 1.07 bits per heavy atom. The largest absolute Gasteiger partial charge is 0.497 e. The molecule has 1 saturated heterocycles. The Morgan fingerprint density at radius 2 is 1.87 bits per heavy atom. The number of aromatic nitrogens is 3. The lowest BCUT2D eigenvalue weighted by atomic mass is 9.93. The van der Waals surface area contributed by atoms with E-state index in [0.29, 0.717) is 6.42 Å².